The summed E-state index contributed by atoms with van der Waals surface area (Å²) in [5.41, 5.74) is -1.15. The van der Waals surface area contributed by atoms with Gasteiger partial charge in [0.1, 0.15) is 29.8 Å². The van der Waals surface area contributed by atoms with Gasteiger partial charge in [-0.15, -0.1) is 0 Å². The van der Waals surface area contributed by atoms with E-state index in [9.17, 15) is 5.11 Å². The minimum absolute atomic E-state index is 0.230. The van der Waals surface area contributed by atoms with Gasteiger partial charge in [-0.25, -0.2) is 9.67 Å². The van der Waals surface area contributed by atoms with E-state index in [0.29, 0.717) is 27.1 Å². The van der Waals surface area contributed by atoms with Gasteiger partial charge in [-0.1, -0.05) is 50.0 Å². The zero-order valence-electron chi connectivity index (χ0n) is 15.4. The van der Waals surface area contributed by atoms with E-state index in [1.165, 1.54) is 6.33 Å². The van der Waals surface area contributed by atoms with Crippen molar-refractivity contribution in [2.24, 2.45) is 5.41 Å². The van der Waals surface area contributed by atoms with Gasteiger partial charge in [0.2, 0.25) is 0 Å². The van der Waals surface area contributed by atoms with E-state index in [2.05, 4.69) is 10.1 Å². The number of aliphatic hydroxyl groups is 1. The molecule has 0 aliphatic carbocycles. The second-order valence-electron chi connectivity index (χ2n) is 7.40. The first kappa shape index (κ1) is 19.7. The average Bonchev–Trinajstić information content (AvgIpc) is 3.09. The molecule has 7 heteroatoms. The highest BCUT2D eigenvalue weighted by atomic mass is 35.5. The third-order valence-electron chi connectivity index (χ3n) is 4.53. The fraction of sp³-hybridized carbons (Fsp3) is 0.300. The summed E-state index contributed by atoms with van der Waals surface area (Å²) in [4.78, 5) is 3.95. The van der Waals surface area contributed by atoms with Crippen LogP contribution in [0.25, 0.3) is 0 Å². The number of ether oxygens (including phenoxy) is 1. The highest BCUT2D eigenvalue weighted by molar-refractivity contribution is 6.31. The Morgan fingerprint density at radius 3 is 2.26 bits per heavy atom. The fourth-order valence-electron chi connectivity index (χ4n) is 2.81. The van der Waals surface area contributed by atoms with Gasteiger partial charge in [0, 0.05) is 10.6 Å². The van der Waals surface area contributed by atoms with Gasteiger partial charge in [0.25, 0.3) is 0 Å². The first-order chi connectivity index (χ1) is 12.7. The van der Waals surface area contributed by atoms with Crippen LogP contribution in [0.4, 0.5) is 0 Å². The molecule has 1 N–H and O–H groups in total. The lowest BCUT2D eigenvalue weighted by molar-refractivity contribution is -0.0804. The topological polar surface area (TPSA) is 60.2 Å². The lowest BCUT2D eigenvalue weighted by Gasteiger charge is -2.41. The summed E-state index contributed by atoms with van der Waals surface area (Å²) in [7, 11) is 0. The highest BCUT2D eigenvalue weighted by Gasteiger charge is 2.43. The van der Waals surface area contributed by atoms with Crippen molar-refractivity contribution in [2.75, 3.05) is 0 Å². The molecule has 1 atom stereocenters. The van der Waals surface area contributed by atoms with Crippen LogP contribution in [-0.2, 0) is 12.1 Å². The molecule has 2 aromatic carbocycles. The Balaban J connectivity index is 1.93. The monoisotopic (exact) mass is 405 g/mol. The molecule has 0 bridgehead atoms. The third-order valence-corrected chi connectivity index (χ3v) is 5.10. The quantitative estimate of drug-likeness (QED) is 0.624. The molecule has 0 saturated heterocycles. The molecular weight excluding hydrogens is 385 g/mol. The van der Waals surface area contributed by atoms with Crippen molar-refractivity contribution in [1.82, 2.24) is 14.8 Å². The number of rotatable bonds is 5. The van der Waals surface area contributed by atoms with Crippen molar-refractivity contribution in [3.05, 3.63) is 70.7 Å². The van der Waals surface area contributed by atoms with Crippen molar-refractivity contribution in [3.63, 3.8) is 0 Å². The van der Waals surface area contributed by atoms with E-state index in [0.717, 1.165) is 0 Å². The van der Waals surface area contributed by atoms with Crippen LogP contribution in [0.1, 0.15) is 26.3 Å². The molecule has 0 aliphatic rings. The second-order valence-corrected chi connectivity index (χ2v) is 8.24. The Kier molecular flexibility index (Phi) is 5.47. The Bertz CT molecular complexity index is 906. The van der Waals surface area contributed by atoms with Gasteiger partial charge >= 0.3 is 0 Å². The number of nitrogens with zero attached hydrogens (tertiary/aromatic N) is 3. The molecule has 142 valence electrons. The maximum Gasteiger partial charge on any atom is 0.137 e. The van der Waals surface area contributed by atoms with Gasteiger partial charge in [0.15, 0.2) is 0 Å². The molecule has 0 amide bonds. The molecule has 1 heterocycles. The minimum Gasteiger partial charge on any atom is -0.457 e. The summed E-state index contributed by atoms with van der Waals surface area (Å²) >= 11 is 12.4. The summed E-state index contributed by atoms with van der Waals surface area (Å²) in [6.45, 7) is 6.10. The SMILES string of the molecule is CC(C)(C)[C@@](O)(Cn1cncn1)c1ccc(Oc2ccc(Cl)cc2)cc1Cl. The molecular formula is C20H21Cl2N3O2. The van der Waals surface area contributed by atoms with Crippen molar-refractivity contribution in [3.8, 4) is 11.5 Å². The summed E-state index contributed by atoms with van der Waals surface area (Å²) in [5, 5.41) is 16.7. The van der Waals surface area contributed by atoms with Crippen molar-refractivity contribution >= 4 is 23.2 Å². The smallest absolute Gasteiger partial charge is 0.137 e. The van der Waals surface area contributed by atoms with Gasteiger partial charge in [0.05, 0.1) is 11.6 Å². The normalized spacial score (nSPS) is 14.0. The lowest BCUT2D eigenvalue weighted by atomic mass is 9.72. The highest BCUT2D eigenvalue weighted by Crippen LogP contribution is 2.44. The maximum atomic E-state index is 11.6. The zero-order chi connectivity index (χ0) is 19.7. The predicted octanol–water partition coefficient (Wildman–Crippen LogP) is 5.31. The summed E-state index contributed by atoms with van der Waals surface area (Å²) in [6, 6.07) is 12.3. The molecule has 0 saturated carbocycles. The first-order valence-corrected chi connectivity index (χ1v) is 9.23. The third kappa shape index (κ3) is 4.26. The van der Waals surface area contributed by atoms with Gasteiger partial charge in [-0.2, -0.15) is 5.10 Å². The molecule has 0 spiro atoms. The standard InChI is InChI=1S/C20H21Cl2N3O2/c1-19(2,3)20(26,11-25-13-23-12-24-25)17-9-8-16(10-18(17)22)27-15-6-4-14(21)5-7-15/h4-10,12-13,26H,11H2,1-3H3/t20-/m1/s1. The molecule has 3 aromatic rings. The van der Waals surface area contributed by atoms with Crippen LogP contribution in [0, 0.1) is 5.41 Å². The molecule has 0 radical (unpaired) electrons. The Labute approximate surface area is 168 Å². The van der Waals surface area contributed by atoms with Crippen LogP contribution in [0.3, 0.4) is 0 Å². The number of hydrogen-bond donors (Lipinski definition) is 1. The van der Waals surface area contributed by atoms with Gasteiger partial charge in [-0.3, -0.25) is 0 Å². The molecule has 3 rings (SSSR count). The largest absolute Gasteiger partial charge is 0.457 e. The van der Waals surface area contributed by atoms with E-state index in [-0.39, 0.29) is 6.54 Å². The van der Waals surface area contributed by atoms with Crippen molar-refractivity contribution in [1.29, 1.82) is 0 Å². The Hall–Kier alpha value is -2.08. The van der Waals surface area contributed by atoms with Crippen LogP contribution in [0.5, 0.6) is 11.5 Å². The minimum atomic E-state index is -1.25. The van der Waals surface area contributed by atoms with Crippen LogP contribution < -0.4 is 4.74 Å². The van der Waals surface area contributed by atoms with Crippen molar-refractivity contribution < 1.29 is 9.84 Å². The number of halogens is 2. The van der Waals surface area contributed by atoms with Crippen LogP contribution >= 0.6 is 23.2 Å². The second kappa shape index (κ2) is 7.50. The number of aromatic nitrogens is 3. The maximum absolute atomic E-state index is 11.6. The number of benzene rings is 2. The average molecular weight is 406 g/mol. The molecule has 5 nitrogen and oxygen atoms in total. The van der Waals surface area contributed by atoms with E-state index >= 15 is 0 Å². The van der Waals surface area contributed by atoms with Crippen molar-refractivity contribution in [2.45, 2.75) is 32.9 Å². The fourth-order valence-corrected chi connectivity index (χ4v) is 3.26. The first-order valence-electron chi connectivity index (χ1n) is 8.47. The Morgan fingerprint density at radius 1 is 1.04 bits per heavy atom. The molecule has 0 aliphatic heterocycles. The molecule has 27 heavy (non-hydrogen) atoms. The van der Waals surface area contributed by atoms with E-state index in [1.54, 1.807) is 53.5 Å². The van der Waals surface area contributed by atoms with E-state index < -0.39 is 11.0 Å². The van der Waals surface area contributed by atoms with Crippen LogP contribution in [0.2, 0.25) is 10.0 Å². The Morgan fingerprint density at radius 2 is 1.70 bits per heavy atom. The molecule has 0 fully saturated rings. The van der Waals surface area contributed by atoms with Crippen LogP contribution in [0.15, 0.2) is 55.1 Å². The summed E-state index contributed by atoms with van der Waals surface area (Å²) in [6.07, 6.45) is 3.01. The zero-order valence-corrected chi connectivity index (χ0v) is 16.9. The van der Waals surface area contributed by atoms with Gasteiger partial charge < -0.3 is 9.84 Å². The molecule has 1 aromatic heterocycles. The van der Waals surface area contributed by atoms with Crippen LogP contribution in [-0.4, -0.2) is 19.9 Å². The number of hydrogen-bond acceptors (Lipinski definition) is 4. The van der Waals surface area contributed by atoms with E-state index in [4.69, 9.17) is 27.9 Å². The van der Waals surface area contributed by atoms with E-state index in [1.807, 2.05) is 20.8 Å². The summed E-state index contributed by atoms with van der Waals surface area (Å²) < 4.78 is 7.42. The lowest BCUT2D eigenvalue weighted by Crippen LogP contribution is -2.44. The summed E-state index contributed by atoms with van der Waals surface area (Å²) in [5.74, 6) is 1.22. The predicted molar refractivity (Wildman–Crippen MR) is 106 cm³/mol. The molecule has 0 unspecified atom stereocenters. The van der Waals surface area contributed by atoms with Gasteiger partial charge in [-0.05, 0) is 41.8 Å².